The van der Waals surface area contributed by atoms with E-state index >= 15 is 0 Å². The van der Waals surface area contributed by atoms with Gasteiger partial charge in [-0.25, -0.2) is 0 Å². The van der Waals surface area contributed by atoms with Crippen LogP contribution in [0, 0.1) is 5.92 Å². The number of hydrogen-bond donors (Lipinski definition) is 1. The first kappa shape index (κ1) is 13.0. The van der Waals surface area contributed by atoms with Crippen LogP contribution in [0.3, 0.4) is 0 Å². The van der Waals surface area contributed by atoms with Crippen molar-refractivity contribution in [1.29, 1.82) is 0 Å². The lowest BCUT2D eigenvalue weighted by molar-refractivity contribution is 0.0685. The summed E-state index contributed by atoms with van der Waals surface area (Å²) < 4.78 is 10.6. The van der Waals surface area contributed by atoms with Crippen molar-refractivity contribution >= 4 is 11.4 Å². The Morgan fingerprint density at radius 1 is 1.39 bits per heavy atom. The van der Waals surface area contributed by atoms with E-state index in [0.29, 0.717) is 11.6 Å². The maximum atomic E-state index is 5.82. The van der Waals surface area contributed by atoms with Crippen LogP contribution < -0.4 is 15.4 Å². The molecule has 1 aromatic rings. The summed E-state index contributed by atoms with van der Waals surface area (Å²) in [5.41, 5.74) is 7.65. The number of benzene rings is 1. The Bertz CT molecular complexity index is 389. The highest BCUT2D eigenvalue weighted by atomic mass is 16.5. The monoisotopic (exact) mass is 250 g/mol. The van der Waals surface area contributed by atoms with Crippen molar-refractivity contribution in [3.63, 3.8) is 0 Å². The van der Waals surface area contributed by atoms with E-state index in [1.54, 1.807) is 7.11 Å². The second kappa shape index (κ2) is 5.96. The van der Waals surface area contributed by atoms with Gasteiger partial charge in [-0.1, -0.05) is 0 Å². The van der Waals surface area contributed by atoms with Crippen molar-refractivity contribution in [1.82, 2.24) is 0 Å². The van der Waals surface area contributed by atoms with E-state index < -0.39 is 0 Å². The molecule has 0 aromatic heterocycles. The van der Waals surface area contributed by atoms with E-state index in [1.165, 1.54) is 0 Å². The van der Waals surface area contributed by atoms with Crippen molar-refractivity contribution < 1.29 is 9.47 Å². The number of hydrogen-bond acceptors (Lipinski definition) is 4. The zero-order valence-corrected chi connectivity index (χ0v) is 11.2. The van der Waals surface area contributed by atoms with Crippen molar-refractivity contribution in [2.75, 3.05) is 44.5 Å². The van der Waals surface area contributed by atoms with E-state index in [9.17, 15) is 0 Å². The molecule has 1 aliphatic rings. The molecule has 0 amide bonds. The maximum Gasteiger partial charge on any atom is 0.143 e. The maximum absolute atomic E-state index is 5.82. The molecule has 1 heterocycles. The summed E-state index contributed by atoms with van der Waals surface area (Å²) in [5.74, 6) is 1.46. The first-order chi connectivity index (χ1) is 8.70. The Balaban J connectivity index is 2.01. The van der Waals surface area contributed by atoms with Crippen LogP contribution in [0.15, 0.2) is 18.2 Å². The molecule has 1 aliphatic heterocycles. The number of nitrogen functional groups attached to an aromatic ring is 1. The Hall–Kier alpha value is -1.42. The van der Waals surface area contributed by atoms with Crippen LogP contribution in [-0.2, 0) is 4.74 Å². The van der Waals surface area contributed by atoms with Crippen LogP contribution in [0.2, 0.25) is 0 Å². The standard InChI is InChI=1S/C14H22N2O2/c1-16(10-11-5-7-18-8-6-11)12-3-4-13(15)14(9-12)17-2/h3-4,9,11H,5-8,10,15H2,1-2H3. The molecule has 1 saturated heterocycles. The Morgan fingerprint density at radius 3 is 2.78 bits per heavy atom. The van der Waals surface area contributed by atoms with Crippen LogP contribution in [-0.4, -0.2) is 33.9 Å². The highest BCUT2D eigenvalue weighted by Gasteiger charge is 2.16. The minimum absolute atomic E-state index is 0.681. The van der Waals surface area contributed by atoms with Crippen LogP contribution in [0.1, 0.15) is 12.8 Å². The van der Waals surface area contributed by atoms with Crippen molar-refractivity contribution in [3.8, 4) is 5.75 Å². The molecule has 100 valence electrons. The number of nitrogens with two attached hydrogens (primary N) is 1. The van der Waals surface area contributed by atoms with Gasteiger partial charge in [0.15, 0.2) is 0 Å². The van der Waals surface area contributed by atoms with Crippen LogP contribution in [0.5, 0.6) is 5.75 Å². The zero-order chi connectivity index (χ0) is 13.0. The van der Waals surface area contributed by atoms with Gasteiger partial charge in [0.25, 0.3) is 0 Å². The summed E-state index contributed by atoms with van der Waals surface area (Å²) >= 11 is 0. The number of ether oxygens (including phenoxy) is 2. The zero-order valence-electron chi connectivity index (χ0n) is 11.2. The summed E-state index contributed by atoms with van der Waals surface area (Å²) in [5, 5.41) is 0. The fourth-order valence-electron chi connectivity index (χ4n) is 2.36. The number of nitrogens with zero attached hydrogens (tertiary/aromatic N) is 1. The van der Waals surface area contributed by atoms with Gasteiger partial charge in [-0.15, -0.1) is 0 Å². The Labute approximate surface area is 109 Å². The van der Waals surface area contributed by atoms with Gasteiger partial charge in [0, 0.05) is 38.6 Å². The summed E-state index contributed by atoms with van der Waals surface area (Å²) in [6.07, 6.45) is 2.30. The lowest BCUT2D eigenvalue weighted by atomic mass is 9.99. The minimum Gasteiger partial charge on any atom is -0.495 e. The Kier molecular flexibility index (Phi) is 4.31. The predicted molar refractivity (Wildman–Crippen MR) is 74.2 cm³/mol. The third-order valence-corrected chi connectivity index (χ3v) is 3.53. The van der Waals surface area contributed by atoms with E-state index in [-0.39, 0.29) is 0 Å². The second-order valence-electron chi connectivity index (χ2n) is 4.86. The molecule has 2 N–H and O–H groups in total. The predicted octanol–water partition coefficient (Wildman–Crippen LogP) is 2.14. The molecule has 0 aliphatic carbocycles. The molecular weight excluding hydrogens is 228 g/mol. The third kappa shape index (κ3) is 3.07. The molecule has 0 radical (unpaired) electrons. The normalized spacial score (nSPS) is 16.6. The summed E-state index contributed by atoms with van der Waals surface area (Å²) in [6, 6.07) is 5.93. The molecular formula is C14H22N2O2. The van der Waals surface area contributed by atoms with Gasteiger partial charge in [0.1, 0.15) is 5.75 Å². The molecule has 18 heavy (non-hydrogen) atoms. The topological polar surface area (TPSA) is 47.7 Å². The quantitative estimate of drug-likeness (QED) is 0.832. The third-order valence-electron chi connectivity index (χ3n) is 3.53. The van der Waals surface area contributed by atoms with Gasteiger partial charge in [0.05, 0.1) is 12.8 Å². The largest absolute Gasteiger partial charge is 0.495 e. The van der Waals surface area contributed by atoms with E-state index in [2.05, 4.69) is 11.9 Å². The van der Waals surface area contributed by atoms with Crippen molar-refractivity contribution in [2.24, 2.45) is 5.92 Å². The molecule has 1 aromatic carbocycles. The van der Waals surface area contributed by atoms with Crippen molar-refractivity contribution in [2.45, 2.75) is 12.8 Å². The lowest BCUT2D eigenvalue weighted by Gasteiger charge is -2.28. The van der Waals surface area contributed by atoms with Crippen LogP contribution in [0.25, 0.3) is 0 Å². The molecule has 2 rings (SSSR count). The van der Waals surface area contributed by atoms with Gasteiger partial charge < -0.3 is 20.1 Å². The van der Waals surface area contributed by atoms with Gasteiger partial charge in [-0.2, -0.15) is 0 Å². The fraction of sp³-hybridized carbons (Fsp3) is 0.571. The first-order valence-electron chi connectivity index (χ1n) is 6.43. The molecule has 4 heteroatoms. The average molecular weight is 250 g/mol. The molecule has 0 saturated carbocycles. The highest BCUT2D eigenvalue weighted by Crippen LogP contribution is 2.28. The lowest BCUT2D eigenvalue weighted by Crippen LogP contribution is -2.29. The molecule has 1 fully saturated rings. The van der Waals surface area contributed by atoms with Crippen LogP contribution in [0.4, 0.5) is 11.4 Å². The van der Waals surface area contributed by atoms with E-state index in [1.807, 2.05) is 18.2 Å². The van der Waals surface area contributed by atoms with Crippen LogP contribution >= 0.6 is 0 Å². The summed E-state index contributed by atoms with van der Waals surface area (Å²) in [4.78, 5) is 2.26. The average Bonchev–Trinajstić information content (AvgIpc) is 2.40. The number of rotatable bonds is 4. The molecule has 0 atom stereocenters. The van der Waals surface area contributed by atoms with Gasteiger partial charge >= 0.3 is 0 Å². The molecule has 0 bridgehead atoms. The Morgan fingerprint density at radius 2 is 2.11 bits per heavy atom. The minimum atomic E-state index is 0.681. The molecule has 0 unspecified atom stereocenters. The van der Waals surface area contributed by atoms with Gasteiger partial charge in [-0.3, -0.25) is 0 Å². The molecule has 0 spiro atoms. The van der Waals surface area contributed by atoms with Gasteiger partial charge in [-0.05, 0) is 30.9 Å². The highest BCUT2D eigenvalue weighted by molar-refractivity contribution is 5.62. The SMILES string of the molecule is COc1cc(N(C)CC2CCOCC2)ccc1N. The smallest absolute Gasteiger partial charge is 0.143 e. The van der Waals surface area contributed by atoms with Crippen molar-refractivity contribution in [3.05, 3.63) is 18.2 Å². The van der Waals surface area contributed by atoms with E-state index in [4.69, 9.17) is 15.2 Å². The summed E-state index contributed by atoms with van der Waals surface area (Å²) in [7, 11) is 3.76. The number of methoxy groups -OCH3 is 1. The second-order valence-corrected chi connectivity index (χ2v) is 4.86. The van der Waals surface area contributed by atoms with Gasteiger partial charge in [0.2, 0.25) is 0 Å². The number of anilines is 2. The molecule has 4 nitrogen and oxygen atoms in total. The first-order valence-corrected chi connectivity index (χ1v) is 6.43. The fourth-order valence-corrected chi connectivity index (χ4v) is 2.36. The summed E-state index contributed by atoms with van der Waals surface area (Å²) in [6.45, 7) is 2.84. The van der Waals surface area contributed by atoms with E-state index in [0.717, 1.165) is 44.0 Å².